The molecule has 6 heteroatoms. The summed E-state index contributed by atoms with van der Waals surface area (Å²) < 4.78 is 19.0. The van der Waals surface area contributed by atoms with Gasteiger partial charge in [-0.05, 0) is 30.9 Å². The Labute approximate surface area is 148 Å². The lowest BCUT2D eigenvalue weighted by atomic mass is 9.99. The highest BCUT2D eigenvalue weighted by Gasteiger charge is 2.13. The summed E-state index contributed by atoms with van der Waals surface area (Å²) in [6, 6.07) is 8.80. The molecule has 2 aromatic rings. The summed E-state index contributed by atoms with van der Waals surface area (Å²) in [5.41, 5.74) is 1.69. The van der Waals surface area contributed by atoms with Gasteiger partial charge in [-0.1, -0.05) is 37.2 Å². The van der Waals surface area contributed by atoms with Gasteiger partial charge in [0.25, 0.3) is 0 Å². The van der Waals surface area contributed by atoms with Crippen LogP contribution in [0.3, 0.4) is 0 Å². The molecule has 5 nitrogen and oxygen atoms in total. The third-order valence-corrected chi connectivity index (χ3v) is 4.28. The van der Waals surface area contributed by atoms with Crippen LogP contribution in [0.1, 0.15) is 49.6 Å². The molecule has 0 atom stereocenters. The van der Waals surface area contributed by atoms with E-state index in [1.807, 2.05) is 12.1 Å². The van der Waals surface area contributed by atoms with Gasteiger partial charge in [-0.3, -0.25) is 4.99 Å². The van der Waals surface area contributed by atoms with Gasteiger partial charge in [0, 0.05) is 25.6 Å². The van der Waals surface area contributed by atoms with Crippen LogP contribution in [-0.2, 0) is 13.0 Å². The zero-order chi connectivity index (χ0) is 18.1. The molecule has 1 heterocycles. The maximum Gasteiger partial charge on any atom is 0.191 e. The number of nitrogens with zero attached hydrogens (tertiary/aromatic N) is 2. The van der Waals surface area contributed by atoms with Gasteiger partial charge in [-0.15, -0.1) is 0 Å². The Kier molecular flexibility index (Phi) is 7.44. The van der Waals surface area contributed by atoms with Gasteiger partial charge in [0.2, 0.25) is 0 Å². The average molecular weight is 346 g/mol. The second-order valence-electron chi connectivity index (χ2n) is 5.93. The van der Waals surface area contributed by atoms with Gasteiger partial charge in [-0.25, -0.2) is 4.39 Å². The van der Waals surface area contributed by atoms with Crippen molar-refractivity contribution < 1.29 is 8.91 Å². The lowest BCUT2D eigenvalue weighted by molar-refractivity contribution is 0.368. The smallest absolute Gasteiger partial charge is 0.191 e. The van der Waals surface area contributed by atoms with E-state index in [1.54, 1.807) is 19.2 Å². The zero-order valence-corrected chi connectivity index (χ0v) is 15.2. The number of rotatable bonds is 8. The van der Waals surface area contributed by atoms with E-state index in [4.69, 9.17) is 4.52 Å². The predicted molar refractivity (Wildman–Crippen MR) is 98.1 cm³/mol. The van der Waals surface area contributed by atoms with Crippen molar-refractivity contribution in [1.82, 2.24) is 15.8 Å². The Morgan fingerprint density at radius 2 is 2.00 bits per heavy atom. The quantitative estimate of drug-likeness (QED) is 0.566. The van der Waals surface area contributed by atoms with Crippen LogP contribution in [-0.4, -0.2) is 24.7 Å². The summed E-state index contributed by atoms with van der Waals surface area (Å²) in [7, 11) is 1.70. The number of nitrogens with one attached hydrogen (secondary N) is 2. The second-order valence-corrected chi connectivity index (χ2v) is 5.93. The maximum atomic E-state index is 13.6. The molecule has 0 saturated heterocycles. The summed E-state index contributed by atoms with van der Waals surface area (Å²) in [5, 5.41) is 10.5. The van der Waals surface area contributed by atoms with Crippen LogP contribution >= 0.6 is 0 Å². The average Bonchev–Trinajstić information content (AvgIpc) is 3.09. The monoisotopic (exact) mass is 346 g/mol. The fraction of sp³-hybridized carbons (Fsp3) is 0.474. The number of guanidine groups is 1. The molecule has 0 fully saturated rings. The number of hydrogen-bond donors (Lipinski definition) is 2. The number of benzene rings is 1. The van der Waals surface area contributed by atoms with Crippen LogP contribution in [0.15, 0.2) is 39.8 Å². The van der Waals surface area contributed by atoms with Gasteiger partial charge in [0.05, 0.1) is 12.2 Å². The largest absolute Gasteiger partial charge is 0.359 e. The third kappa shape index (κ3) is 5.59. The molecule has 0 aliphatic heterocycles. The Morgan fingerprint density at radius 1 is 1.24 bits per heavy atom. The lowest BCUT2D eigenvalue weighted by Gasteiger charge is -2.11. The Hall–Kier alpha value is -2.37. The van der Waals surface area contributed by atoms with Crippen molar-refractivity contribution in [2.75, 3.05) is 13.6 Å². The Bertz CT molecular complexity index is 680. The fourth-order valence-electron chi connectivity index (χ4n) is 2.72. The molecule has 0 amide bonds. The number of hydrogen-bond acceptors (Lipinski definition) is 3. The number of aliphatic imine (C=N–C) groups is 1. The van der Waals surface area contributed by atoms with Crippen molar-refractivity contribution in [2.24, 2.45) is 4.99 Å². The number of halogens is 1. The molecule has 0 aliphatic carbocycles. The lowest BCUT2D eigenvalue weighted by Crippen LogP contribution is -2.37. The molecule has 1 aromatic heterocycles. The van der Waals surface area contributed by atoms with Crippen molar-refractivity contribution in [2.45, 2.75) is 45.6 Å². The Morgan fingerprint density at radius 3 is 2.68 bits per heavy atom. The predicted octanol–water partition coefficient (Wildman–Crippen LogP) is 3.63. The van der Waals surface area contributed by atoms with Crippen molar-refractivity contribution >= 4 is 5.96 Å². The van der Waals surface area contributed by atoms with E-state index in [1.165, 1.54) is 6.07 Å². The summed E-state index contributed by atoms with van der Waals surface area (Å²) >= 11 is 0. The first-order chi connectivity index (χ1) is 12.2. The van der Waals surface area contributed by atoms with Gasteiger partial charge < -0.3 is 15.2 Å². The zero-order valence-electron chi connectivity index (χ0n) is 15.2. The van der Waals surface area contributed by atoms with Crippen LogP contribution in [0.25, 0.3) is 0 Å². The van der Waals surface area contributed by atoms with E-state index in [0.717, 1.165) is 24.3 Å². The molecular formula is C19H27FN4O. The van der Waals surface area contributed by atoms with Crippen LogP contribution in [0.5, 0.6) is 0 Å². The highest BCUT2D eigenvalue weighted by molar-refractivity contribution is 5.79. The molecule has 0 bridgehead atoms. The van der Waals surface area contributed by atoms with Crippen LogP contribution < -0.4 is 10.6 Å². The molecule has 0 unspecified atom stereocenters. The topological polar surface area (TPSA) is 62.5 Å². The molecule has 0 radical (unpaired) electrons. The molecule has 0 aliphatic rings. The van der Waals surface area contributed by atoms with Crippen molar-refractivity contribution in [1.29, 1.82) is 0 Å². The minimum Gasteiger partial charge on any atom is -0.359 e. The van der Waals surface area contributed by atoms with Gasteiger partial charge >= 0.3 is 0 Å². The first-order valence-electron chi connectivity index (χ1n) is 8.81. The van der Waals surface area contributed by atoms with Crippen molar-refractivity contribution in [3.8, 4) is 0 Å². The maximum absolute atomic E-state index is 13.6. The normalized spacial score (nSPS) is 11.8. The first-order valence-corrected chi connectivity index (χ1v) is 8.81. The molecule has 25 heavy (non-hydrogen) atoms. The summed E-state index contributed by atoms with van der Waals surface area (Å²) in [6.45, 7) is 5.41. The van der Waals surface area contributed by atoms with E-state index in [9.17, 15) is 4.39 Å². The van der Waals surface area contributed by atoms with Gasteiger partial charge in [-0.2, -0.15) is 0 Å². The summed E-state index contributed by atoms with van der Waals surface area (Å²) in [5.74, 6) is 1.69. The van der Waals surface area contributed by atoms with Crippen LogP contribution in [0, 0.1) is 5.82 Å². The van der Waals surface area contributed by atoms with Crippen LogP contribution in [0.2, 0.25) is 0 Å². The minimum absolute atomic E-state index is 0.178. The molecule has 2 N–H and O–H groups in total. The highest BCUT2D eigenvalue weighted by atomic mass is 19.1. The van der Waals surface area contributed by atoms with Crippen molar-refractivity contribution in [3.05, 3.63) is 53.2 Å². The van der Waals surface area contributed by atoms with E-state index < -0.39 is 0 Å². The molecule has 1 aromatic carbocycles. The van der Waals surface area contributed by atoms with Crippen molar-refractivity contribution in [3.63, 3.8) is 0 Å². The number of aromatic nitrogens is 1. The molecule has 136 valence electrons. The molecule has 2 rings (SSSR count). The van der Waals surface area contributed by atoms with Crippen LogP contribution in [0.4, 0.5) is 4.39 Å². The van der Waals surface area contributed by atoms with Gasteiger partial charge in [0.15, 0.2) is 11.7 Å². The second kappa shape index (κ2) is 9.81. The third-order valence-electron chi connectivity index (χ3n) is 4.28. The van der Waals surface area contributed by atoms with E-state index in [0.29, 0.717) is 37.0 Å². The first kappa shape index (κ1) is 19.0. The van der Waals surface area contributed by atoms with E-state index in [-0.39, 0.29) is 5.82 Å². The Balaban J connectivity index is 1.80. The van der Waals surface area contributed by atoms with E-state index >= 15 is 0 Å². The molecular weight excluding hydrogens is 319 g/mol. The van der Waals surface area contributed by atoms with Gasteiger partial charge in [0.1, 0.15) is 5.82 Å². The SMILES string of the molecule is CCC(CC)c1cc(CNC(=NC)NCCc2ccccc2F)on1. The molecule has 0 spiro atoms. The summed E-state index contributed by atoms with van der Waals surface area (Å²) in [6.07, 6.45) is 2.69. The highest BCUT2D eigenvalue weighted by Crippen LogP contribution is 2.22. The van der Waals surface area contributed by atoms with E-state index in [2.05, 4.69) is 34.6 Å². The minimum atomic E-state index is -0.178. The molecule has 0 saturated carbocycles. The standard InChI is InChI=1S/C19H27FN4O/c1-4-14(5-2)18-12-16(25-24-18)13-23-19(21-3)22-11-10-15-8-6-7-9-17(15)20/h6-9,12,14H,4-5,10-11,13H2,1-3H3,(H2,21,22,23). The summed E-state index contributed by atoms with van der Waals surface area (Å²) in [4.78, 5) is 4.17. The fourth-order valence-corrected chi connectivity index (χ4v) is 2.72.